The highest BCUT2D eigenvalue weighted by atomic mass is 35.5. The Hall–Kier alpha value is -1.90. The molecule has 1 amide bonds. The zero-order valence-electron chi connectivity index (χ0n) is 15.5. The molecule has 3 rings (SSSR count). The van der Waals surface area contributed by atoms with Crippen LogP contribution in [0.3, 0.4) is 0 Å². The summed E-state index contributed by atoms with van der Waals surface area (Å²) < 4.78 is 53.9. The number of nitrogens with one attached hydrogen (secondary N) is 1. The normalized spacial score (nSPS) is 22.7. The first-order chi connectivity index (χ1) is 14.1. The van der Waals surface area contributed by atoms with Gasteiger partial charge >= 0.3 is 0 Å². The van der Waals surface area contributed by atoms with Gasteiger partial charge in [-0.2, -0.15) is 0 Å². The lowest BCUT2D eigenvalue weighted by Crippen LogP contribution is -2.49. The van der Waals surface area contributed by atoms with Crippen molar-refractivity contribution in [1.82, 2.24) is 10.3 Å². The smallest absolute Gasteiger partial charge is 0.272 e. The van der Waals surface area contributed by atoms with Gasteiger partial charge in [0, 0.05) is 11.8 Å². The van der Waals surface area contributed by atoms with Crippen molar-refractivity contribution in [1.29, 1.82) is 0 Å². The molecule has 0 bridgehead atoms. The van der Waals surface area contributed by atoms with E-state index in [4.69, 9.17) is 23.2 Å². The lowest BCUT2D eigenvalue weighted by Gasteiger charge is -2.41. The van der Waals surface area contributed by atoms with Crippen LogP contribution in [-0.2, 0) is 0 Å². The molecule has 0 radical (unpaired) electrons. The van der Waals surface area contributed by atoms with Crippen LogP contribution in [0.25, 0.3) is 0 Å². The second kappa shape index (κ2) is 9.08. The topological polar surface area (TPSA) is 62.2 Å². The van der Waals surface area contributed by atoms with Crippen LogP contribution < -0.4 is 5.32 Å². The third-order valence-electron chi connectivity index (χ3n) is 5.26. The van der Waals surface area contributed by atoms with E-state index in [1.54, 1.807) is 0 Å². The van der Waals surface area contributed by atoms with E-state index in [1.165, 1.54) is 12.1 Å². The van der Waals surface area contributed by atoms with Crippen LogP contribution in [0.5, 0.6) is 0 Å². The number of alkyl halides is 3. The van der Waals surface area contributed by atoms with Crippen LogP contribution in [0.4, 0.5) is 17.6 Å². The second-order valence-corrected chi connectivity index (χ2v) is 7.95. The molecule has 30 heavy (non-hydrogen) atoms. The fraction of sp³-hybridized carbons (Fsp3) is 0.400. The molecule has 1 unspecified atom stereocenters. The van der Waals surface area contributed by atoms with Crippen molar-refractivity contribution < 1.29 is 27.5 Å². The molecule has 10 heteroatoms. The highest BCUT2D eigenvalue weighted by molar-refractivity contribution is 6.34. The van der Waals surface area contributed by atoms with Crippen LogP contribution in [0.2, 0.25) is 10.0 Å². The number of carbonyl (C=O) groups is 1. The first kappa shape index (κ1) is 22.8. The minimum absolute atomic E-state index is 0.0236. The van der Waals surface area contributed by atoms with Crippen molar-refractivity contribution in [2.24, 2.45) is 0 Å². The first-order valence-corrected chi connectivity index (χ1v) is 9.93. The van der Waals surface area contributed by atoms with Gasteiger partial charge in [-0.3, -0.25) is 4.79 Å². The Balaban J connectivity index is 2.00. The number of rotatable bonds is 5. The van der Waals surface area contributed by atoms with Crippen LogP contribution in [0, 0.1) is 5.82 Å². The van der Waals surface area contributed by atoms with E-state index in [9.17, 15) is 27.5 Å². The van der Waals surface area contributed by atoms with Crippen molar-refractivity contribution in [2.45, 2.75) is 49.9 Å². The number of aliphatic hydroxyl groups is 1. The number of benzene rings is 1. The maximum Gasteiger partial charge on any atom is 0.272 e. The van der Waals surface area contributed by atoms with E-state index < -0.39 is 52.2 Å². The zero-order valence-corrected chi connectivity index (χ0v) is 17.0. The van der Waals surface area contributed by atoms with Crippen LogP contribution in [0.15, 0.2) is 30.5 Å². The van der Waals surface area contributed by atoms with Gasteiger partial charge in [0.2, 0.25) is 0 Å². The van der Waals surface area contributed by atoms with Crippen LogP contribution in [0.1, 0.15) is 59.8 Å². The molecule has 1 aromatic carbocycles. The lowest BCUT2D eigenvalue weighted by atomic mass is 9.76. The third-order valence-corrected chi connectivity index (χ3v) is 6.05. The van der Waals surface area contributed by atoms with Gasteiger partial charge < -0.3 is 10.4 Å². The number of aromatic nitrogens is 1. The maximum absolute atomic E-state index is 14.1. The molecule has 1 aliphatic carbocycles. The van der Waals surface area contributed by atoms with Gasteiger partial charge in [-0.05, 0) is 43.4 Å². The molecule has 1 aliphatic rings. The van der Waals surface area contributed by atoms with Gasteiger partial charge in [-0.1, -0.05) is 35.3 Å². The Morgan fingerprint density at radius 2 is 1.83 bits per heavy atom. The van der Waals surface area contributed by atoms with Gasteiger partial charge in [-0.15, -0.1) is 0 Å². The Morgan fingerprint density at radius 3 is 2.47 bits per heavy atom. The number of pyridine rings is 1. The van der Waals surface area contributed by atoms with Gasteiger partial charge in [0.25, 0.3) is 12.3 Å². The first-order valence-electron chi connectivity index (χ1n) is 9.18. The van der Waals surface area contributed by atoms with Crippen molar-refractivity contribution in [3.05, 3.63) is 63.1 Å². The van der Waals surface area contributed by atoms with Crippen molar-refractivity contribution in [3.63, 3.8) is 0 Å². The molecule has 1 fully saturated rings. The molecule has 2 N–H and O–H groups in total. The molecule has 4 nitrogen and oxygen atoms in total. The number of amides is 1. The molecule has 0 saturated heterocycles. The molecule has 0 spiro atoms. The summed E-state index contributed by atoms with van der Waals surface area (Å²) >= 11 is 12.0. The minimum Gasteiger partial charge on any atom is -0.387 e. The average Bonchev–Trinajstić information content (AvgIpc) is 2.70. The Bertz CT molecular complexity index is 937. The Kier molecular flexibility index (Phi) is 6.89. The monoisotopic (exact) mass is 464 g/mol. The highest BCUT2D eigenvalue weighted by Gasteiger charge is 2.43. The average molecular weight is 465 g/mol. The van der Waals surface area contributed by atoms with Crippen molar-refractivity contribution in [3.8, 4) is 0 Å². The van der Waals surface area contributed by atoms with Crippen molar-refractivity contribution in [2.75, 3.05) is 0 Å². The molecule has 1 aromatic heterocycles. The SMILES string of the molecule is O=C(NC(c1cccc(F)c1Cl)[C@]1(O)CC[C@@H](F)CC1)c1nccc(C(F)F)c1Cl. The quantitative estimate of drug-likeness (QED) is 0.567. The fourth-order valence-corrected chi connectivity index (χ4v) is 4.12. The minimum atomic E-state index is -2.93. The zero-order chi connectivity index (χ0) is 22.1. The van der Waals surface area contributed by atoms with E-state index in [0.29, 0.717) is 0 Å². The summed E-state index contributed by atoms with van der Waals surface area (Å²) in [5.41, 5.74) is -2.61. The Labute approximate surface area is 180 Å². The standard InChI is InChI=1S/C20H18Cl2F4N2O2/c21-14-11(2-1-3-13(14)24)17(20(30)7-4-10(23)5-8-20)28-19(29)16-15(22)12(18(25)26)6-9-27-16/h1-3,6,9-10,17-18,30H,4-5,7-8H2,(H,28,29)/t10-,17?,20+. The second-order valence-electron chi connectivity index (χ2n) is 7.19. The predicted octanol–water partition coefficient (Wildman–Crippen LogP) is 5.58. The maximum atomic E-state index is 14.1. The number of halogens is 6. The number of hydrogen-bond donors (Lipinski definition) is 2. The molecule has 1 saturated carbocycles. The van der Waals surface area contributed by atoms with E-state index in [1.807, 2.05) is 0 Å². The van der Waals surface area contributed by atoms with Crippen molar-refractivity contribution >= 4 is 29.1 Å². The fourth-order valence-electron chi connectivity index (χ4n) is 3.60. The number of nitrogens with zero attached hydrogens (tertiary/aromatic N) is 1. The van der Waals surface area contributed by atoms with E-state index in [2.05, 4.69) is 10.3 Å². The van der Waals surface area contributed by atoms with Gasteiger partial charge in [0.15, 0.2) is 0 Å². The summed E-state index contributed by atoms with van der Waals surface area (Å²) in [5.74, 6) is -1.73. The summed E-state index contributed by atoms with van der Waals surface area (Å²) in [7, 11) is 0. The molecule has 2 aromatic rings. The summed E-state index contributed by atoms with van der Waals surface area (Å²) in [6, 6.07) is 3.62. The summed E-state index contributed by atoms with van der Waals surface area (Å²) in [6.07, 6.45) is -3.00. The summed E-state index contributed by atoms with van der Waals surface area (Å²) in [6.45, 7) is 0. The van der Waals surface area contributed by atoms with Crippen LogP contribution in [-0.4, -0.2) is 27.8 Å². The Morgan fingerprint density at radius 1 is 1.17 bits per heavy atom. The molecule has 0 aliphatic heterocycles. The highest BCUT2D eigenvalue weighted by Crippen LogP contribution is 2.42. The summed E-state index contributed by atoms with van der Waals surface area (Å²) in [4.78, 5) is 16.6. The van der Waals surface area contributed by atoms with Gasteiger partial charge in [-0.25, -0.2) is 22.5 Å². The van der Waals surface area contributed by atoms with Gasteiger partial charge in [0.1, 0.15) is 17.7 Å². The largest absolute Gasteiger partial charge is 0.387 e. The van der Waals surface area contributed by atoms with E-state index in [-0.39, 0.29) is 36.3 Å². The molecular formula is C20H18Cl2F4N2O2. The predicted molar refractivity (Wildman–Crippen MR) is 104 cm³/mol. The van der Waals surface area contributed by atoms with Gasteiger partial charge in [0.05, 0.1) is 21.7 Å². The molecular weight excluding hydrogens is 447 g/mol. The molecule has 162 valence electrons. The molecule has 1 atom stereocenters. The number of hydrogen-bond acceptors (Lipinski definition) is 3. The van der Waals surface area contributed by atoms with E-state index >= 15 is 0 Å². The number of carbonyl (C=O) groups excluding carboxylic acids is 1. The molecule has 1 heterocycles. The summed E-state index contributed by atoms with van der Waals surface area (Å²) in [5, 5.41) is 12.8. The van der Waals surface area contributed by atoms with Crippen LogP contribution >= 0.6 is 23.2 Å². The third kappa shape index (κ3) is 4.55. The van der Waals surface area contributed by atoms with E-state index in [0.717, 1.165) is 18.3 Å². The lowest BCUT2D eigenvalue weighted by molar-refractivity contribution is -0.0446.